The predicted molar refractivity (Wildman–Crippen MR) is 82.1 cm³/mol. The van der Waals surface area contributed by atoms with E-state index < -0.39 is 5.82 Å². The molecule has 0 aliphatic carbocycles. The van der Waals surface area contributed by atoms with Crippen LogP contribution in [0.1, 0.15) is 24.1 Å². The first-order chi connectivity index (χ1) is 10.1. The summed E-state index contributed by atoms with van der Waals surface area (Å²) in [5.41, 5.74) is 2.62. The number of para-hydroxylation sites is 1. The third-order valence-electron chi connectivity index (χ3n) is 3.42. The number of halogens is 1. The first-order valence-electron chi connectivity index (χ1n) is 6.93. The van der Waals surface area contributed by atoms with Crippen LogP contribution in [0, 0.1) is 5.82 Å². The van der Waals surface area contributed by atoms with Gasteiger partial charge in [0.15, 0.2) is 0 Å². The number of anilines is 1. The summed E-state index contributed by atoms with van der Waals surface area (Å²) in [6.45, 7) is 2.53. The third kappa shape index (κ3) is 3.95. The van der Waals surface area contributed by atoms with E-state index in [0.717, 1.165) is 23.7 Å². The number of nitrogens with one attached hydrogen (secondary N) is 1. The van der Waals surface area contributed by atoms with Gasteiger partial charge in [0.25, 0.3) is 0 Å². The quantitative estimate of drug-likeness (QED) is 0.847. The molecule has 2 N–H and O–H groups in total. The van der Waals surface area contributed by atoms with Crippen LogP contribution in [0.2, 0.25) is 0 Å². The van der Waals surface area contributed by atoms with E-state index in [1.54, 1.807) is 13.2 Å². The second-order valence-electron chi connectivity index (χ2n) is 4.97. The van der Waals surface area contributed by atoms with Crippen molar-refractivity contribution in [2.75, 3.05) is 19.0 Å². The molecule has 0 heterocycles. The van der Waals surface area contributed by atoms with Gasteiger partial charge in [-0.25, -0.2) is 4.39 Å². The molecule has 112 valence electrons. The van der Waals surface area contributed by atoms with Gasteiger partial charge < -0.3 is 15.2 Å². The summed E-state index contributed by atoms with van der Waals surface area (Å²) < 4.78 is 19.0. The fourth-order valence-corrected chi connectivity index (χ4v) is 2.27. The Morgan fingerprint density at radius 1 is 1.24 bits per heavy atom. The topological polar surface area (TPSA) is 41.5 Å². The summed E-state index contributed by atoms with van der Waals surface area (Å²) in [5.74, 6) is -0.478. The first kappa shape index (κ1) is 15.3. The average Bonchev–Trinajstić information content (AvgIpc) is 2.46. The molecule has 0 aromatic heterocycles. The fourth-order valence-electron chi connectivity index (χ4n) is 2.27. The molecule has 0 aliphatic rings. The minimum Gasteiger partial charge on any atom is -0.508 e. The first-order valence-corrected chi connectivity index (χ1v) is 6.93. The highest BCUT2D eigenvalue weighted by Gasteiger charge is 2.12. The Morgan fingerprint density at radius 3 is 2.71 bits per heavy atom. The molecule has 0 saturated heterocycles. The van der Waals surface area contributed by atoms with Gasteiger partial charge in [-0.1, -0.05) is 24.3 Å². The monoisotopic (exact) mass is 289 g/mol. The molecular formula is C17H20FNO2. The molecule has 0 aliphatic heterocycles. The van der Waals surface area contributed by atoms with Crippen LogP contribution in [0.4, 0.5) is 10.1 Å². The van der Waals surface area contributed by atoms with E-state index in [4.69, 9.17) is 4.74 Å². The lowest BCUT2D eigenvalue weighted by Crippen LogP contribution is -2.10. The van der Waals surface area contributed by atoms with E-state index in [1.165, 1.54) is 6.07 Å². The van der Waals surface area contributed by atoms with E-state index in [2.05, 4.69) is 5.32 Å². The Morgan fingerprint density at radius 2 is 2.00 bits per heavy atom. The molecule has 0 radical (unpaired) electrons. The molecular weight excluding hydrogens is 269 g/mol. The van der Waals surface area contributed by atoms with Gasteiger partial charge in [-0.2, -0.15) is 0 Å². The minimum atomic E-state index is -0.413. The lowest BCUT2D eigenvalue weighted by Gasteiger charge is -2.19. The molecule has 4 heteroatoms. The second-order valence-corrected chi connectivity index (χ2v) is 4.97. The molecule has 1 unspecified atom stereocenters. The van der Waals surface area contributed by atoms with Crippen LogP contribution in [0.25, 0.3) is 0 Å². The number of aromatic hydroxyl groups is 1. The van der Waals surface area contributed by atoms with Crippen LogP contribution >= 0.6 is 0 Å². The van der Waals surface area contributed by atoms with Gasteiger partial charge in [0, 0.05) is 24.4 Å². The van der Waals surface area contributed by atoms with Gasteiger partial charge in [-0.15, -0.1) is 0 Å². The van der Waals surface area contributed by atoms with Crippen LogP contribution in [0.5, 0.6) is 5.75 Å². The summed E-state index contributed by atoms with van der Waals surface area (Å²) in [6.07, 6.45) is 0.796. The molecule has 2 aromatic carbocycles. The molecule has 3 nitrogen and oxygen atoms in total. The Balaban J connectivity index is 2.17. The lowest BCUT2D eigenvalue weighted by molar-refractivity contribution is 0.202. The molecule has 0 fully saturated rings. The number of rotatable bonds is 6. The highest BCUT2D eigenvalue weighted by Crippen LogP contribution is 2.26. The van der Waals surface area contributed by atoms with Crippen molar-refractivity contribution >= 4 is 5.69 Å². The number of phenolic OH excluding ortho intramolecular Hbond substituents is 1. The van der Waals surface area contributed by atoms with Crippen molar-refractivity contribution in [2.45, 2.75) is 19.4 Å². The molecule has 0 bridgehead atoms. The zero-order valence-electron chi connectivity index (χ0n) is 12.3. The molecule has 21 heavy (non-hydrogen) atoms. The number of benzene rings is 2. The van der Waals surface area contributed by atoms with Crippen LogP contribution in [-0.2, 0) is 11.2 Å². The fraction of sp³-hybridized carbons (Fsp3) is 0.294. The van der Waals surface area contributed by atoms with E-state index in [9.17, 15) is 9.50 Å². The Labute approximate surface area is 124 Å². The summed E-state index contributed by atoms with van der Waals surface area (Å²) >= 11 is 0. The zero-order chi connectivity index (χ0) is 15.2. The summed E-state index contributed by atoms with van der Waals surface area (Å²) in [5, 5.41) is 12.6. The van der Waals surface area contributed by atoms with Crippen LogP contribution in [0.15, 0.2) is 42.5 Å². The summed E-state index contributed by atoms with van der Waals surface area (Å²) in [7, 11) is 1.67. The van der Waals surface area contributed by atoms with Crippen molar-refractivity contribution in [3.05, 3.63) is 59.4 Å². The molecule has 0 spiro atoms. The normalized spacial score (nSPS) is 12.1. The van der Waals surface area contributed by atoms with Crippen molar-refractivity contribution in [3.63, 3.8) is 0 Å². The maximum absolute atomic E-state index is 13.9. The van der Waals surface area contributed by atoms with Gasteiger partial charge >= 0.3 is 0 Å². The minimum absolute atomic E-state index is 0.0658. The van der Waals surface area contributed by atoms with E-state index in [0.29, 0.717) is 12.2 Å². The maximum Gasteiger partial charge on any atom is 0.132 e. The summed E-state index contributed by atoms with van der Waals surface area (Å²) in [6, 6.07) is 11.9. The van der Waals surface area contributed by atoms with Gasteiger partial charge in [0.05, 0.1) is 12.6 Å². The average molecular weight is 289 g/mol. The largest absolute Gasteiger partial charge is 0.508 e. The van der Waals surface area contributed by atoms with Gasteiger partial charge in [-0.05, 0) is 31.0 Å². The van der Waals surface area contributed by atoms with Gasteiger partial charge in [0.1, 0.15) is 11.6 Å². The number of hydrogen-bond donors (Lipinski definition) is 2. The van der Waals surface area contributed by atoms with E-state index in [-0.39, 0.29) is 11.8 Å². The smallest absolute Gasteiger partial charge is 0.132 e. The number of hydrogen-bond acceptors (Lipinski definition) is 3. The molecule has 2 aromatic rings. The third-order valence-corrected chi connectivity index (χ3v) is 3.42. The lowest BCUT2D eigenvalue weighted by atomic mass is 10.1. The zero-order valence-corrected chi connectivity index (χ0v) is 12.3. The van der Waals surface area contributed by atoms with Crippen molar-refractivity contribution in [2.24, 2.45) is 0 Å². The van der Waals surface area contributed by atoms with Crippen molar-refractivity contribution in [1.29, 1.82) is 0 Å². The van der Waals surface area contributed by atoms with Gasteiger partial charge in [0.2, 0.25) is 0 Å². The van der Waals surface area contributed by atoms with Crippen molar-refractivity contribution in [3.8, 4) is 5.75 Å². The van der Waals surface area contributed by atoms with Crippen LogP contribution in [0.3, 0.4) is 0 Å². The Kier molecular flexibility index (Phi) is 5.17. The Hall–Kier alpha value is -2.07. The molecule has 0 amide bonds. The van der Waals surface area contributed by atoms with Crippen molar-refractivity contribution < 1.29 is 14.2 Å². The van der Waals surface area contributed by atoms with Crippen LogP contribution in [-0.4, -0.2) is 18.8 Å². The van der Waals surface area contributed by atoms with E-state index in [1.807, 2.05) is 31.2 Å². The second kappa shape index (κ2) is 7.09. The SMILES string of the molecule is COCCc1ccccc1NC(C)c1ccc(O)cc1F. The van der Waals surface area contributed by atoms with E-state index >= 15 is 0 Å². The molecule has 2 rings (SSSR count). The highest BCUT2D eigenvalue weighted by atomic mass is 19.1. The highest BCUT2D eigenvalue weighted by molar-refractivity contribution is 5.53. The Bertz CT molecular complexity index is 601. The maximum atomic E-state index is 13.9. The van der Waals surface area contributed by atoms with Crippen LogP contribution < -0.4 is 5.32 Å². The number of ether oxygens (including phenoxy) is 1. The molecule has 0 saturated carbocycles. The number of phenols is 1. The standard InChI is InChI=1S/C17H20FNO2/c1-12(15-8-7-14(20)11-16(15)18)19-17-6-4-3-5-13(17)9-10-21-2/h3-8,11-12,19-20H,9-10H2,1-2H3. The van der Waals surface area contributed by atoms with Gasteiger partial charge in [-0.3, -0.25) is 0 Å². The predicted octanol–water partition coefficient (Wildman–Crippen LogP) is 3.89. The molecule has 1 atom stereocenters. The van der Waals surface area contributed by atoms with Crippen molar-refractivity contribution in [1.82, 2.24) is 0 Å². The number of methoxy groups -OCH3 is 1. The summed E-state index contributed by atoms with van der Waals surface area (Å²) in [4.78, 5) is 0.